The molecule has 0 bridgehead atoms. The Labute approximate surface area is 166 Å². The maximum atomic E-state index is 11.4. The van der Waals surface area contributed by atoms with Gasteiger partial charge in [0.2, 0.25) is 5.91 Å². The van der Waals surface area contributed by atoms with E-state index < -0.39 is 5.91 Å². The molecule has 0 aromatic heterocycles. The molecule has 3 rings (SSSR count). The molecule has 4 N–H and O–H groups in total. The number of carbonyl (C=O) groups excluding carboxylic acids is 1. The van der Waals surface area contributed by atoms with E-state index in [0.717, 1.165) is 10.9 Å². The molecule has 0 fully saturated rings. The molecule has 0 saturated heterocycles. The van der Waals surface area contributed by atoms with Gasteiger partial charge in [0, 0.05) is 22.8 Å². The molecule has 0 saturated carbocycles. The summed E-state index contributed by atoms with van der Waals surface area (Å²) < 4.78 is 0. The summed E-state index contributed by atoms with van der Waals surface area (Å²) in [6, 6.07) is 13.3. The zero-order valence-corrected chi connectivity index (χ0v) is 15.6. The van der Waals surface area contributed by atoms with Crippen LogP contribution in [0.1, 0.15) is 21.5 Å². The van der Waals surface area contributed by atoms with Crippen LogP contribution in [-0.2, 0) is 13.0 Å². The van der Waals surface area contributed by atoms with Crippen molar-refractivity contribution in [1.82, 2.24) is 0 Å². The number of phenols is 1. The third-order valence-electron chi connectivity index (χ3n) is 4.71. The lowest BCUT2D eigenvalue weighted by atomic mass is 9.97. The van der Waals surface area contributed by atoms with Gasteiger partial charge in [-0.2, -0.15) is 4.91 Å². The number of amides is 1. The first-order valence-electron chi connectivity index (χ1n) is 8.92. The maximum Gasteiger partial charge on any atom is 0.248 e. The molecule has 0 aliphatic heterocycles. The predicted octanol–water partition coefficient (Wildman–Crippen LogP) is 2.79. The van der Waals surface area contributed by atoms with E-state index in [1.807, 2.05) is 0 Å². The minimum Gasteiger partial charge on any atom is -0.511 e. The average molecular weight is 388 g/mol. The first-order valence-corrected chi connectivity index (χ1v) is 8.92. The summed E-state index contributed by atoms with van der Waals surface area (Å²) in [5.74, 6) is -0.456. The van der Waals surface area contributed by atoms with E-state index in [1.165, 1.54) is 6.07 Å². The lowest BCUT2D eigenvalue weighted by Gasteiger charge is -2.10. The fraction of sp³-hybridized carbons (Fsp3) is 0.0870. The largest absolute Gasteiger partial charge is 0.511 e. The summed E-state index contributed by atoms with van der Waals surface area (Å²) in [6.07, 6.45) is 3.38. The fourth-order valence-electron chi connectivity index (χ4n) is 3.30. The Morgan fingerprint density at radius 2 is 1.93 bits per heavy atom. The van der Waals surface area contributed by atoms with E-state index in [1.54, 1.807) is 54.6 Å². The van der Waals surface area contributed by atoms with Crippen LogP contribution in [0.15, 0.2) is 66.4 Å². The second-order valence-electron chi connectivity index (χ2n) is 6.60. The van der Waals surface area contributed by atoms with Crippen molar-refractivity contribution in [2.45, 2.75) is 13.0 Å². The molecule has 146 valence electrons. The van der Waals surface area contributed by atoms with Gasteiger partial charge in [0.25, 0.3) is 0 Å². The van der Waals surface area contributed by atoms with E-state index in [4.69, 9.17) is 5.73 Å². The van der Waals surface area contributed by atoms with Crippen molar-refractivity contribution >= 4 is 28.5 Å². The number of carbonyl (C=O) groups is 1. The lowest BCUT2D eigenvalue weighted by molar-refractivity contribution is 0.100. The van der Waals surface area contributed by atoms with E-state index in [9.17, 15) is 19.9 Å². The van der Waals surface area contributed by atoms with E-state index in [2.05, 4.69) is 11.8 Å². The van der Waals surface area contributed by atoms with Crippen LogP contribution in [0.2, 0.25) is 0 Å². The van der Waals surface area contributed by atoms with Crippen LogP contribution in [0.25, 0.3) is 22.6 Å². The number of fused-ring (bicyclic) bond motifs is 1. The first-order chi connectivity index (χ1) is 13.9. The number of primary amides is 1. The Hall–Kier alpha value is -3.93. The van der Waals surface area contributed by atoms with Crippen LogP contribution in [-0.4, -0.2) is 16.1 Å². The number of hydrogen-bond acceptors (Lipinski definition) is 5. The number of aliphatic hydroxyl groups excluding tert-OH is 1. The van der Waals surface area contributed by atoms with Gasteiger partial charge in [-0.1, -0.05) is 48.2 Å². The summed E-state index contributed by atoms with van der Waals surface area (Å²) in [7, 11) is 0. The third kappa shape index (κ3) is 4.16. The highest BCUT2D eigenvalue weighted by molar-refractivity contribution is 5.99. The van der Waals surface area contributed by atoms with Gasteiger partial charge >= 0.3 is 0 Å². The summed E-state index contributed by atoms with van der Waals surface area (Å²) >= 11 is 0. The Balaban J connectivity index is 2.17. The lowest BCUT2D eigenvalue weighted by Crippen LogP contribution is -2.28. The van der Waals surface area contributed by atoms with E-state index in [-0.39, 0.29) is 24.5 Å². The summed E-state index contributed by atoms with van der Waals surface area (Å²) in [5.41, 5.74) is 6.95. The second-order valence-corrected chi connectivity index (χ2v) is 6.60. The zero-order chi connectivity index (χ0) is 21.0. The quantitative estimate of drug-likeness (QED) is 0.564. The molecule has 6 nitrogen and oxygen atoms in total. The minimum atomic E-state index is -0.537. The molecule has 0 aliphatic carbocycles. The summed E-state index contributed by atoms with van der Waals surface area (Å²) in [4.78, 5) is 22.0. The van der Waals surface area contributed by atoms with Crippen molar-refractivity contribution in [3.63, 3.8) is 0 Å². The highest BCUT2D eigenvalue weighted by Crippen LogP contribution is 2.29. The normalized spacial score (nSPS) is 12.6. The van der Waals surface area contributed by atoms with Gasteiger partial charge in [0.15, 0.2) is 0 Å². The van der Waals surface area contributed by atoms with Crippen LogP contribution in [0.5, 0.6) is 5.75 Å². The molecule has 3 aromatic carbocycles. The van der Waals surface area contributed by atoms with Crippen LogP contribution in [0, 0.1) is 4.91 Å². The number of nitrogens with two attached hydrogens (primary N) is 1. The van der Waals surface area contributed by atoms with Gasteiger partial charge in [-0.3, -0.25) is 4.79 Å². The van der Waals surface area contributed by atoms with Gasteiger partial charge in [-0.25, -0.2) is 0 Å². The van der Waals surface area contributed by atoms with Crippen LogP contribution in [0.3, 0.4) is 0 Å². The minimum absolute atomic E-state index is 0.0331. The molecule has 0 radical (unpaired) electrons. The highest BCUT2D eigenvalue weighted by Gasteiger charge is 2.12. The first kappa shape index (κ1) is 19.8. The smallest absolute Gasteiger partial charge is 0.248 e. The molecular formula is C23H20N2O4. The Morgan fingerprint density at radius 3 is 2.62 bits per heavy atom. The number of rotatable bonds is 6. The van der Waals surface area contributed by atoms with Gasteiger partial charge in [-0.15, -0.1) is 0 Å². The van der Waals surface area contributed by atoms with Crippen molar-refractivity contribution in [3.8, 4) is 5.75 Å². The summed E-state index contributed by atoms with van der Waals surface area (Å²) in [6.45, 7) is 3.72. The van der Waals surface area contributed by atoms with Crippen molar-refractivity contribution in [1.29, 1.82) is 0 Å². The number of phenolic OH excluding ortho intramolecular Hbond substituents is 1. The molecule has 0 unspecified atom stereocenters. The van der Waals surface area contributed by atoms with Gasteiger partial charge in [0.05, 0.1) is 0 Å². The van der Waals surface area contributed by atoms with Crippen LogP contribution in [0.4, 0.5) is 0 Å². The number of nitroso groups, excluding NO2 is 1. The second kappa shape index (κ2) is 8.39. The zero-order valence-electron chi connectivity index (χ0n) is 15.6. The number of aromatic hydroxyl groups is 1. The standard InChI is InChI=1S/C23H20N2O4/c1-2-3-15-10-14(13-25-29)4-7-19(15)22(27)12-20-18-8-5-17(23(24)28)11-16(18)6-9-21(20)26/h2-11,26-27H,1,12-13H2,(H2,24,28)/b15-3-,22-19-. The third-order valence-corrected chi connectivity index (χ3v) is 4.71. The van der Waals surface area contributed by atoms with Crippen molar-refractivity contribution < 1.29 is 15.0 Å². The molecular weight excluding hydrogens is 368 g/mol. The number of benzene rings is 3. The fourth-order valence-corrected chi connectivity index (χ4v) is 3.30. The number of nitrogens with zero attached hydrogens (tertiary/aromatic N) is 1. The SMILES string of the molecule is C=C/C=c1/cc(CN=O)cc/c1=C(/O)Cc1c(O)ccc2cc(C(N)=O)ccc12. The van der Waals surface area contributed by atoms with Crippen molar-refractivity contribution in [2.75, 3.05) is 0 Å². The number of allylic oxidation sites excluding steroid dienone is 1. The summed E-state index contributed by atoms with van der Waals surface area (Å²) in [5, 5.41) is 26.8. The molecule has 0 heterocycles. The Bertz CT molecular complexity index is 1250. The van der Waals surface area contributed by atoms with Crippen LogP contribution >= 0.6 is 0 Å². The molecule has 29 heavy (non-hydrogen) atoms. The van der Waals surface area contributed by atoms with Crippen molar-refractivity contribution in [3.05, 3.63) is 93.2 Å². The number of aliphatic hydroxyl groups is 1. The topological polar surface area (TPSA) is 113 Å². The van der Waals surface area contributed by atoms with Gasteiger partial charge < -0.3 is 15.9 Å². The molecule has 1 amide bonds. The molecule has 0 spiro atoms. The maximum absolute atomic E-state index is 11.4. The monoisotopic (exact) mass is 388 g/mol. The number of hydrogen-bond donors (Lipinski definition) is 3. The molecule has 0 atom stereocenters. The predicted molar refractivity (Wildman–Crippen MR) is 114 cm³/mol. The average Bonchev–Trinajstić information content (AvgIpc) is 2.70. The van der Waals surface area contributed by atoms with E-state index >= 15 is 0 Å². The highest BCUT2D eigenvalue weighted by atomic mass is 16.3. The van der Waals surface area contributed by atoms with Crippen molar-refractivity contribution in [2.24, 2.45) is 10.9 Å². The van der Waals surface area contributed by atoms with Gasteiger partial charge in [-0.05, 0) is 45.8 Å². The Morgan fingerprint density at radius 1 is 1.14 bits per heavy atom. The molecule has 3 aromatic rings. The molecule has 0 aliphatic rings. The van der Waals surface area contributed by atoms with Crippen LogP contribution < -0.4 is 16.2 Å². The van der Waals surface area contributed by atoms with Gasteiger partial charge in [0.1, 0.15) is 18.1 Å². The molecule has 6 heteroatoms. The Kier molecular flexibility index (Phi) is 5.74. The van der Waals surface area contributed by atoms with E-state index in [0.29, 0.717) is 27.0 Å².